The first-order chi connectivity index (χ1) is 6.76. The first kappa shape index (κ1) is 11.4. The summed E-state index contributed by atoms with van der Waals surface area (Å²) in [7, 11) is 0. The van der Waals surface area contributed by atoms with Gasteiger partial charge in [-0.2, -0.15) is 0 Å². The van der Waals surface area contributed by atoms with Crippen molar-refractivity contribution in [3.05, 3.63) is 24.3 Å². The van der Waals surface area contributed by atoms with Crippen LogP contribution in [0.1, 0.15) is 13.3 Å². The molecule has 0 saturated heterocycles. The maximum Gasteiger partial charge on any atom is 0.119 e. The number of hydrogen-bond donors (Lipinski definition) is 1. The third kappa shape index (κ3) is 3.60. The summed E-state index contributed by atoms with van der Waals surface area (Å²) in [6.07, 6.45) is 2.40. The molecule has 1 aromatic carbocycles. The van der Waals surface area contributed by atoms with Crippen molar-refractivity contribution in [2.75, 3.05) is 12.9 Å². The SMILES string of the molecule is CCC(O)COc1ccc(SC)cc1. The summed E-state index contributed by atoms with van der Waals surface area (Å²) in [6.45, 7) is 2.31. The van der Waals surface area contributed by atoms with E-state index in [9.17, 15) is 5.11 Å². The summed E-state index contributed by atoms with van der Waals surface area (Å²) in [4.78, 5) is 1.22. The number of thioether (sulfide) groups is 1. The number of ether oxygens (including phenoxy) is 1. The summed E-state index contributed by atoms with van der Waals surface area (Å²) in [5.74, 6) is 0.815. The normalized spacial score (nSPS) is 12.5. The predicted molar refractivity (Wildman–Crippen MR) is 60.0 cm³/mol. The molecule has 0 aliphatic heterocycles. The first-order valence-corrected chi connectivity index (χ1v) is 5.93. The molecule has 0 heterocycles. The van der Waals surface area contributed by atoms with Crippen molar-refractivity contribution in [2.24, 2.45) is 0 Å². The quantitative estimate of drug-likeness (QED) is 0.761. The van der Waals surface area contributed by atoms with Gasteiger partial charge in [0.05, 0.1) is 6.10 Å². The minimum absolute atomic E-state index is 0.366. The molecule has 0 saturated carbocycles. The van der Waals surface area contributed by atoms with Gasteiger partial charge in [0.15, 0.2) is 0 Å². The van der Waals surface area contributed by atoms with E-state index >= 15 is 0 Å². The van der Waals surface area contributed by atoms with Gasteiger partial charge < -0.3 is 9.84 Å². The van der Waals surface area contributed by atoms with Crippen LogP contribution in [0.25, 0.3) is 0 Å². The summed E-state index contributed by atoms with van der Waals surface area (Å²) < 4.78 is 5.40. The van der Waals surface area contributed by atoms with Gasteiger partial charge in [-0.25, -0.2) is 0 Å². The second-order valence-corrected chi connectivity index (χ2v) is 3.93. The monoisotopic (exact) mass is 212 g/mol. The molecule has 1 aromatic rings. The van der Waals surface area contributed by atoms with Crippen LogP contribution in [0.5, 0.6) is 5.75 Å². The molecule has 1 unspecified atom stereocenters. The van der Waals surface area contributed by atoms with E-state index in [1.807, 2.05) is 37.4 Å². The van der Waals surface area contributed by atoms with E-state index < -0.39 is 0 Å². The Balaban J connectivity index is 2.43. The molecular formula is C11H16O2S. The van der Waals surface area contributed by atoms with Crippen LogP contribution in [0, 0.1) is 0 Å². The van der Waals surface area contributed by atoms with Gasteiger partial charge in [0.2, 0.25) is 0 Å². The van der Waals surface area contributed by atoms with Crippen molar-refractivity contribution >= 4 is 11.8 Å². The van der Waals surface area contributed by atoms with E-state index in [-0.39, 0.29) is 6.10 Å². The number of hydrogen-bond acceptors (Lipinski definition) is 3. The maximum absolute atomic E-state index is 9.29. The minimum Gasteiger partial charge on any atom is -0.491 e. The molecule has 0 fully saturated rings. The van der Waals surface area contributed by atoms with E-state index in [1.54, 1.807) is 11.8 Å². The van der Waals surface area contributed by atoms with E-state index in [0.29, 0.717) is 6.61 Å². The molecule has 2 nitrogen and oxygen atoms in total. The zero-order valence-corrected chi connectivity index (χ0v) is 9.38. The Hall–Kier alpha value is -0.670. The van der Waals surface area contributed by atoms with Crippen molar-refractivity contribution < 1.29 is 9.84 Å². The highest BCUT2D eigenvalue weighted by Gasteiger charge is 2.01. The molecule has 78 valence electrons. The summed E-state index contributed by atoms with van der Waals surface area (Å²) in [5, 5.41) is 9.29. The van der Waals surface area contributed by atoms with Gasteiger partial charge in [0.1, 0.15) is 12.4 Å². The van der Waals surface area contributed by atoms with Gasteiger partial charge in [-0.3, -0.25) is 0 Å². The van der Waals surface area contributed by atoms with Gasteiger partial charge in [0, 0.05) is 4.90 Å². The van der Waals surface area contributed by atoms with Crippen molar-refractivity contribution in [3.8, 4) is 5.75 Å². The highest BCUT2D eigenvalue weighted by atomic mass is 32.2. The average molecular weight is 212 g/mol. The standard InChI is InChI=1S/C11H16O2S/c1-3-9(12)8-13-10-4-6-11(14-2)7-5-10/h4-7,9,12H,3,8H2,1-2H3. The van der Waals surface area contributed by atoms with Crippen LogP contribution in [-0.2, 0) is 0 Å². The van der Waals surface area contributed by atoms with Crippen molar-refractivity contribution in [3.63, 3.8) is 0 Å². The van der Waals surface area contributed by atoms with Crippen LogP contribution >= 0.6 is 11.8 Å². The Labute approximate surface area is 89.3 Å². The Morgan fingerprint density at radius 2 is 2.00 bits per heavy atom. The summed E-state index contributed by atoms with van der Waals surface area (Å²) >= 11 is 1.70. The Morgan fingerprint density at radius 3 is 2.50 bits per heavy atom. The average Bonchev–Trinajstić information content (AvgIpc) is 2.26. The molecular weight excluding hydrogens is 196 g/mol. The molecule has 0 aliphatic carbocycles. The minimum atomic E-state index is -0.366. The molecule has 14 heavy (non-hydrogen) atoms. The zero-order chi connectivity index (χ0) is 10.4. The fourth-order valence-corrected chi connectivity index (χ4v) is 1.39. The highest BCUT2D eigenvalue weighted by Crippen LogP contribution is 2.19. The predicted octanol–water partition coefficient (Wildman–Crippen LogP) is 2.56. The third-order valence-electron chi connectivity index (χ3n) is 1.97. The summed E-state index contributed by atoms with van der Waals surface area (Å²) in [6, 6.07) is 7.87. The van der Waals surface area contributed by atoms with Crippen LogP contribution in [0.2, 0.25) is 0 Å². The molecule has 0 amide bonds. The fourth-order valence-electron chi connectivity index (χ4n) is 0.982. The van der Waals surface area contributed by atoms with Gasteiger partial charge in [0.25, 0.3) is 0 Å². The van der Waals surface area contributed by atoms with Gasteiger partial charge in [-0.1, -0.05) is 6.92 Å². The van der Waals surface area contributed by atoms with Crippen molar-refractivity contribution in [2.45, 2.75) is 24.3 Å². The smallest absolute Gasteiger partial charge is 0.119 e. The van der Waals surface area contributed by atoms with Gasteiger partial charge >= 0.3 is 0 Å². The van der Waals surface area contributed by atoms with Crippen LogP contribution in [-0.4, -0.2) is 24.1 Å². The van der Waals surface area contributed by atoms with E-state index in [0.717, 1.165) is 12.2 Å². The van der Waals surface area contributed by atoms with E-state index in [4.69, 9.17) is 4.74 Å². The van der Waals surface area contributed by atoms with E-state index in [1.165, 1.54) is 4.90 Å². The number of aliphatic hydroxyl groups excluding tert-OH is 1. The second kappa shape index (κ2) is 5.94. The second-order valence-electron chi connectivity index (χ2n) is 3.05. The topological polar surface area (TPSA) is 29.5 Å². The number of benzene rings is 1. The third-order valence-corrected chi connectivity index (χ3v) is 2.72. The Morgan fingerprint density at radius 1 is 1.36 bits per heavy atom. The lowest BCUT2D eigenvalue weighted by Gasteiger charge is -2.10. The van der Waals surface area contributed by atoms with Crippen LogP contribution in [0.3, 0.4) is 0 Å². The molecule has 0 spiro atoms. The molecule has 1 atom stereocenters. The number of aliphatic hydroxyl groups is 1. The van der Waals surface area contributed by atoms with Crippen LogP contribution in [0.4, 0.5) is 0 Å². The molecule has 0 bridgehead atoms. The lowest BCUT2D eigenvalue weighted by atomic mass is 10.3. The lowest BCUT2D eigenvalue weighted by molar-refractivity contribution is 0.104. The van der Waals surface area contributed by atoms with Crippen molar-refractivity contribution in [1.29, 1.82) is 0 Å². The van der Waals surface area contributed by atoms with Gasteiger partial charge in [-0.05, 0) is 36.9 Å². The van der Waals surface area contributed by atoms with Crippen LogP contribution in [0.15, 0.2) is 29.2 Å². The zero-order valence-electron chi connectivity index (χ0n) is 8.56. The largest absolute Gasteiger partial charge is 0.491 e. The van der Waals surface area contributed by atoms with Crippen LogP contribution < -0.4 is 4.74 Å². The van der Waals surface area contributed by atoms with Crippen molar-refractivity contribution in [1.82, 2.24) is 0 Å². The number of rotatable bonds is 5. The maximum atomic E-state index is 9.29. The Bertz CT molecular complexity index is 258. The molecule has 0 aromatic heterocycles. The summed E-state index contributed by atoms with van der Waals surface area (Å²) in [5.41, 5.74) is 0. The lowest BCUT2D eigenvalue weighted by Crippen LogP contribution is -2.15. The van der Waals surface area contributed by atoms with Gasteiger partial charge in [-0.15, -0.1) is 11.8 Å². The molecule has 0 aliphatic rings. The highest BCUT2D eigenvalue weighted by molar-refractivity contribution is 7.98. The Kier molecular flexibility index (Phi) is 4.84. The fraction of sp³-hybridized carbons (Fsp3) is 0.455. The first-order valence-electron chi connectivity index (χ1n) is 4.71. The molecule has 3 heteroatoms. The molecule has 1 rings (SSSR count). The van der Waals surface area contributed by atoms with E-state index in [2.05, 4.69) is 0 Å². The molecule has 1 N–H and O–H groups in total. The molecule has 0 radical (unpaired) electrons.